The van der Waals surface area contributed by atoms with Crippen molar-refractivity contribution in [2.45, 2.75) is 19.9 Å². The van der Waals surface area contributed by atoms with E-state index < -0.39 is 0 Å². The second kappa shape index (κ2) is 7.45. The molecule has 27 heavy (non-hydrogen) atoms. The molecule has 0 fully saturated rings. The van der Waals surface area contributed by atoms with Crippen LogP contribution in [0.1, 0.15) is 29.4 Å². The Morgan fingerprint density at radius 3 is 2.63 bits per heavy atom. The fourth-order valence-corrected chi connectivity index (χ4v) is 2.95. The van der Waals surface area contributed by atoms with Crippen molar-refractivity contribution in [2.24, 2.45) is 5.10 Å². The maximum atomic E-state index is 12.4. The Morgan fingerprint density at radius 1 is 1.15 bits per heavy atom. The van der Waals surface area contributed by atoms with E-state index in [4.69, 9.17) is 4.52 Å². The normalized spacial score (nSPS) is 13.5. The van der Waals surface area contributed by atoms with E-state index in [-0.39, 0.29) is 5.91 Å². The van der Waals surface area contributed by atoms with Gasteiger partial charge in [-0.1, -0.05) is 35.5 Å². The first-order valence-electron chi connectivity index (χ1n) is 8.90. The van der Waals surface area contributed by atoms with Gasteiger partial charge >= 0.3 is 0 Å². The third-order valence-electron chi connectivity index (χ3n) is 4.45. The van der Waals surface area contributed by atoms with E-state index >= 15 is 0 Å². The van der Waals surface area contributed by atoms with Crippen LogP contribution in [0.15, 0.2) is 70.3 Å². The van der Waals surface area contributed by atoms with Crippen molar-refractivity contribution in [1.29, 1.82) is 0 Å². The summed E-state index contributed by atoms with van der Waals surface area (Å²) in [5.41, 5.74) is 4.36. The van der Waals surface area contributed by atoms with Crippen LogP contribution in [0.2, 0.25) is 0 Å². The Bertz CT molecular complexity index is 961. The van der Waals surface area contributed by atoms with Gasteiger partial charge in [-0.25, -0.2) is 0 Å². The number of nitrogens with one attached hydrogen (secondary N) is 1. The number of amides is 1. The number of aromatic nitrogens is 1. The Kier molecular flexibility index (Phi) is 4.70. The van der Waals surface area contributed by atoms with E-state index in [0.29, 0.717) is 23.6 Å². The molecular weight excluding hydrogens is 340 g/mol. The zero-order chi connectivity index (χ0) is 18.6. The van der Waals surface area contributed by atoms with Crippen LogP contribution in [-0.4, -0.2) is 23.3 Å². The minimum atomic E-state index is -0.146. The molecule has 0 radical (unpaired) electrons. The highest BCUT2D eigenvalue weighted by molar-refractivity contribution is 5.94. The average molecular weight is 360 g/mol. The van der Waals surface area contributed by atoms with Gasteiger partial charge in [-0.15, -0.1) is 0 Å². The second-order valence-corrected chi connectivity index (χ2v) is 6.49. The fraction of sp³-hybridized carbons (Fsp3) is 0.190. The van der Waals surface area contributed by atoms with Gasteiger partial charge in [-0.3, -0.25) is 9.80 Å². The monoisotopic (exact) mass is 360 g/mol. The molecule has 4 rings (SSSR count). The first kappa shape index (κ1) is 17.0. The van der Waals surface area contributed by atoms with Crippen molar-refractivity contribution in [3.8, 4) is 11.3 Å². The maximum Gasteiger partial charge on any atom is 0.251 e. The molecule has 0 saturated heterocycles. The number of nitrogens with zero attached hydrogens (tertiary/aromatic N) is 3. The predicted octanol–water partition coefficient (Wildman–Crippen LogP) is 3.86. The number of anilines is 1. The van der Waals surface area contributed by atoms with Gasteiger partial charge in [-0.05, 0) is 31.2 Å². The van der Waals surface area contributed by atoms with Crippen molar-refractivity contribution in [3.05, 3.63) is 71.9 Å². The predicted molar refractivity (Wildman–Crippen MR) is 105 cm³/mol. The van der Waals surface area contributed by atoms with Crippen LogP contribution in [-0.2, 0) is 6.54 Å². The van der Waals surface area contributed by atoms with Crippen molar-refractivity contribution < 1.29 is 9.32 Å². The van der Waals surface area contributed by atoms with Crippen LogP contribution in [0.4, 0.5) is 5.69 Å². The van der Waals surface area contributed by atoms with Crippen LogP contribution >= 0.6 is 0 Å². The highest BCUT2D eigenvalue weighted by Gasteiger charge is 2.14. The summed E-state index contributed by atoms with van der Waals surface area (Å²) >= 11 is 0. The van der Waals surface area contributed by atoms with E-state index in [0.717, 1.165) is 29.9 Å². The lowest BCUT2D eigenvalue weighted by Crippen LogP contribution is -2.23. The van der Waals surface area contributed by atoms with Crippen molar-refractivity contribution >= 4 is 17.3 Å². The summed E-state index contributed by atoms with van der Waals surface area (Å²) in [6, 6.07) is 19.0. The van der Waals surface area contributed by atoms with Crippen LogP contribution in [0.5, 0.6) is 0 Å². The largest absolute Gasteiger partial charge is 0.356 e. The first-order valence-corrected chi connectivity index (χ1v) is 8.90. The van der Waals surface area contributed by atoms with Crippen molar-refractivity contribution in [1.82, 2.24) is 10.5 Å². The van der Waals surface area contributed by atoms with E-state index in [1.807, 2.05) is 72.6 Å². The SMILES string of the molecule is CC1=NN(c2ccc(C(=O)NCc3cc(-c4ccccc4)on3)cc2)CC1. The number of benzene rings is 2. The molecule has 1 N–H and O–H groups in total. The van der Waals surface area contributed by atoms with Gasteiger partial charge < -0.3 is 9.84 Å². The summed E-state index contributed by atoms with van der Waals surface area (Å²) in [5.74, 6) is 0.539. The standard InChI is InChI=1S/C21H20N4O2/c1-15-11-12-25(23-15)19-9-7-17(8-10-19)21(26)22-14-18-13-20(27-24-18)16-5-3-2-4-6-16/h2-10,13H,11-12,14H2,1H3,(H,22,26). The van der Waals surface area contributed by atoms with Gasteiger partial charge in [0, 0.05) is 35.9 Å². The Labute approximate surface area is 157 Å². The van der Waals surface area contributed by atoms with Gasteiger partial charge in [0.2, 0.25) is 0 Å². The zero-order valence-electron chi connectivity index (χ0n) is 15.1. The molecule has 0 atom stereocenters. The van der Waals surface area contributed by atoms with Gasteiger partial charge in [0.05, 0.1) is 12.2 Å². The first-order chi connectivity index (χ1) is 13.2. The average Bonchev–Trinajstić information content (AvgIpc) is 3.36. The Hall–Kier alpha value is -3.41. The van der Waals surface area contributed by atoms with E-state index in [1.54, 1.807) is 0 Å². The molecule has 136 valence electrons. The number of hydrogen-bond donors (Lipinski definition) is 1. The molecule has 1 aromatic heterocycles. The minimum absolute atomic E-state index is 0.146. The summed E-state index contributed by atoms with van der Waals surface area (Å²) in [5, 5.41) is 13.3. The van der Waals surface area contributed by atoms with Gasteiger partial charge in [0.1, 0.15) is 5.69 Å². The lowest BCUT2D eigenvalue weighted by atomic mass is 10.1. The minimum Gasteiger partial charge on any atom is -0.356 e. The van der Waals surface area contributed by atoms with Crippen LogP contribution < -0.4 is 10.3 Å². The highest BCUT2D eigenvalue weighted by atomic mass is 16.5. The number of hydrazone groups is 1. The number of rotatable bonds is 5. The number of carbonyl (C=O) groups is 1. The maximum absolute atomic E-state index is 12.4. The molecule has 0 saturated carbocycles. The molecule has 3 aromatic rings. The lowest BCUT2D eigenvalue weighted by molar-refractivity contribution is 0.0950. The Morgan fingerprint density at radius 2 is 1.93 bits per heavy atom. The van der Waals surface area contributed by atoms with Gasteiger partial charge in [0.25, 0.3) is 5.91 Å². The quantitative estimate of drug-likeness (QED) is 0.750. The summed E-state index contributed by atoms with van der Waals surface area (Å²) < 4.78 is 5.35. The number of hydrogen-bond acceptors (Lipinski definition) is 5. The number of carbonyl (C=O) groups excluding carboxylic acids is 1. The third-order valence-corrected chi connectivity index (χ3v) is 4.45. The molecule has 1 aliphatic heterocycles. The molecule has 0 unspecified atom stereocenters. The van der Waals surface area contributed by atoms with E-state index in [2.05, 4.69) is 15.6 Å². The lowest BCUT2D eigenvalue weighted by Gasteiger charge is -2.13. The van der Waals surface area contributed by atoms with Crippen molar-refractivity contribution in [3.63, 3.8) is 0 Å². The van der Waals surface area contributed by atoms with Gasteiger partial charge in [-0.2, -0.15) is 5.10 Å². The summed E-state index contributed by atoms with van der Waals surface area (Å²) in [6.07, 6.45) is 0.977. The van der Waals surface area contributed by atoms with Crippen LogP contribution in [0.3, 0.4) is 0 Å². The van der Waals surface area contributed by atoms with E-state index in [1.165, 1.54) is 0 Å². The summed E-state index contributed by atoms with van der Waals surface area (Å²) in [4.78, 5) is 12.4. The topological polar surface area (TPSA) is 70.7 Å². The molecule has 0 bridgehead atoms. The molecule has 6 heteroatoms. The molecule has 6 nitrogen and oxygen atoms in total. The zero-order valence-corrected chi connectivity index (χ0v) is 15.1. The summed E-state index contributed by atoms with van der Waals surface area (Å²) in [7, 11) is 0. The molecule has 2 aromatic carbocycles. The fourth-order valence-electron chi connectivity index (χ4n) is 2.95. The molecule has 1 aliphatic rings. The highest BCUT2D eigenvalue weighted by Crippen LogP contribution is 2.21. The molecule has 0 spiro atoms. The molecule has 0 aliphatic carbocycles. The Balaban J connectivity index is 1.36. The third kappa shape index (κ3) is 3.89. The van der Waals surface area contributed by atoms with Gasteiger partial charge in [0.15, 0.2) is 5.76 Å². The molecular formula is C21H20N4O2. The second-order valence-electron chi connectivity index (χ2n) is 6.49. The van der Waals surface area contributed by atoms with Crippen molar-refractivity contribution in [2.75, 3.05) is 11.6 Å². The van der Waals surface area contributed by atoms with Crippen LogP contribution in [0.25, 0.3) is 11.3 Å². The van der Waals surface area contributed by atoms with Crippen LogP contribution in [0, 0.1) is 0 Å². The molecule has 2 heterocycles. The summed E-state index contributed by atoms with van der Waals surface area (Å²) in [6.45, 7) is 3.22. The molecule has 1 amide bonds. The smallest absolute Gasteiger partial charge is 0.251 e. The van der Waals surface area contributed by atoms with E-state index in [9.17, 15) is 4.79 Å².